The molecular formula is C15H11NS2. The molecule has 0 atom stereocenters. The molecule has 0 amide bonds. The van der Waals surface area contributed by atoms with Gasteiger partial charge < -0.3 is 0 Å². The summed E-state index contributed by atoms with van der Waals surface area (Å²) in [4.78, 5) is 0. The smallest absolute Gasteiger partial charge is 0.0991 e. The lowest BCUT2D eigenvalue weighted by Gasteiger charge is -2.04. The molecule has 0 aromatic heterocycles. The zero-order chi connectivity index (χ0) is 12.8. The van der Waals surface area contributed by atoms with E-state index in [0.717, 1.165) is 15.5 Å². The molecule has 0 fully saturated rings. The fourth-order valence-corrected chi connectivity index (χ4v) is 2.59. The monoisotopic (exact) mass is 269 g/mol. The standard InChI is InChI=1S/C15H11NS2/c16-10-12-6-8-14(9-7-12)15(17)18-11-13-4-2-1-3-5-13/h1-9H,11H2. The summed E-state index contributed by atoms with van der Waals surface area (Å²) in [6.07, 6.45) is 0. The van der Waals surface area contributed by atoms with Crippen molar-refractivity contribution in [3.63, 3.8) is 0 Å². The fourth-order valence-electron chi connectivity index (χ4n) is 1.49. The summed E-state index contributed by atoms with van der Waals surface area (Å²) in [6, 6.07) is 19.7. The number of rotatable bonds is 3. The molecule has 3 heteroatoms. The van der Waals surface area contributed by atoms with Gasteiger partial charge in [0, 0.05) is 5.75 Å². The van der Waals surface area contributed by atoms with Crippen molar-refractivity contribution in [3.05, 3.63) is 71.3 Å². The molecule has 88 valence electrons. The number of nitriles is 1. The summed E-state index contributed by atoms with van der Waals surface area (Å²) in [7, 11) is 0. The second kappa shape index (κ2) is 6.34. The Hall–Kier alpha value is -1.63. The summed E-state index contributed by atoms with van der Waals surface area (Å²) in [5.41, 5.74) is 2.93. The molecule has 0 saturated heterocycles. The first-order valence-electron chi connectivity index (χ1n) is 5.51. The quantitative estimate of drug-likeness (QED) is 0.781. The van der Waals surface area contributed by atoms with Crippen LogP contribution in [0.15, 0.2) is 54.6 Å². The summed E-state index contributed by atoms with van der Waals surface area (Å²) in [5, 5.41) is 8.73. The van der Waals surface area contributed by atoms with Crippen LogP contribution in [0.25, 0.3) is 0 Å². The van der Waals surface area contributed by atoms with Crippen LogP contribution in [-0.4, -0.2) is 4.20 Å². The zero-order valence-corrected chi connectivity index (χ0v) is 11.3. The first kappa shape index (κ1) is 12.8. The van der Waals surface area contributed by atoms with Crippen molar-refractivity contribution in [2.24, 2.45) is 0 Å². The summed E-state index contributed by atoms with van der Waals surface area (Å²) in [6.45, 7) is 0. The van der Waals surface area contributed by atoms with Crippen LogP contribution < -0.4 is 0 Å². The van der Waals surface area contributed by atoms with E-state index in [1.54, 1.807) is 23.9 Å². The van der Waals surface area contributed by atoms with Crippen molar-refractivity contribution in [3.8, 4) is 6.07 Å². The van der Waals surface area contributed by atoms with Crippen molar-refractivity contribution < 1.29 is 0 Å². The number of thiocarbonyl (C=S) groups is 1. The van der Waals surface area contributed by atoms with E-state index in [1.807, 2.05) is 30.3 Å². The van der Waals surface area contributed by atoms with E-state index < -0.39 is 0 Å². The number of hydrogen-bond donors (Lipinski definition) is 0. The van der Waals surface area contributed by atoms with Gasteiger partial charge in [0.25, 0.3) is 0 Å². The molecule has 18 heavy (non-hydrogen) atoms. The molecule has 1 nitrogen and oxygen atoms in total. The Bertz CT molecular complexity index is 568. The molecule has 0 spiro atoms. The van der Waals surface area contributed by atoms with Crippen LogP contribution in [0.3, 0.4) is 0 Å². The van der Waals surface area contributed by atoms with E-state index >= 15 is 0 Å². The third kappa shape index (κ3) is 3.43. The lowest BCUT2D eigenvalue weighted by atomic mass is 10.2. The Morgan fingerprint density at radius 1 is 1.06 bits per heavy atom. The molecule has 2 rings (SSSR count). The van der Waals surface area contributed by atoms with E-state index in [1.165, 1.54) is 5.56 Å². The van der Waals surface area contributed by atoms with Crippen LogP contribution in [-0.2, 0) is 5.75 Å². The van der Waals surface area contributed by atoms with Gasteiger partial charge in [0.2, 0.25) is 0 Å². The van der Waals surface area contributed by atoms with E-state index in [9.17, 15) is 0 Å². The van der Waals surface area contributed by atoms with E-state index in [0.29, 0.717) is 5.56 Å². The minimum atomic E-state index is 0.662. The van der Waals surface area contributed by atoms with Crippen molar-refractivity contribution in [2.45, 2.75) is 5.75 Å². The zero-order valence-electron chi connectivity index (χ0n) is 9.67. The van der Waals surface area contributed by atoms with Crippen LogP contribution in [0.1, 0.15) is 16.7 Å². The lowest BCUT2D eigenvalue weighted by molar-refractivity contribution is 1.43. The molecule has 0 N–H and O–H groups in total. The molecule has 0 heterocycles. The maximum atomic E-state index is 8.73. The molecule has 0 saturated carbocycles. The SMILES string of the molecule is N#Cc1ccc(C(=S)SCc2ccccc2)cc1. The lowest BCUT2D eigenvalue weighted by Crippen LogP contribution is -1.92. The van der Waals surface area contributed by atoms with Gasteiger partial charge in [0.15, 0.2) is 0 Å². The molecular weight excluding hydrogens is 258 g/mol. The Morgan fingerprint density at radius 2 is 1.72 bits per heavy atom. The van der Waals surface area contributed by atoms with Gasteiger partial charge in [-0.1, -0.05) is 54.7 Å². The highest BCUT2D eigenvalue weighted by atomic mass is 32.2. The van der Waals surface area contributed by atoms with Gasteiger partial charge in [0.1, 0.15) is 0 Å². The van der Waals surface area contributed by atoms with Crippen molar-refractivity contribution in [1.29, 1.82) is 5.26 Å². The molecule has 0 unspecified atom stereocenters. The summed E-state index contributed by atoms with van der Waals surface area (Å²) < 4.78 is 0.864. The minimum Gasteiger partial charge on any atom is -0.192 e. The molecule has 0 bridgehead atoms. The van der Waals surface area contributed by atoms with Gasteiger partial charge >= 0.3 is 0 Å². The van der Waals surface area contributed by atoms with Crippen LogP contribution in [0.5, 0.6) is 0 Å². The van der Waals surface area contributed by atoms with Gasteiger partial charge in [-0.2, -0.15) is 5.26 Å². The number of nitrogens with zero attached hydrogens (tertiary/aromatic N) is 1. The van der Waals surface area contributed by atoms with Crippen molar-refractivity contribution >= 4 is 28.2 Å². The van der Waals surface area contributed by atoms with Crippen molar-refractivity contribution in [2.75, 3.05) is 0 Å². The van der Waals surface area contributed by atoms with E-state index in [4.69, 9.17) is 17.5 Å². The maximum Gasteiger partial charge on any atom is 0.0991 e. The van der Waals surface area contributed by atoms with Gasteiger partial charge in [0.05, 0.1) is 15.8 Å². The predicted octanol–water partition coefficient (Wildman–Crippen LogP) is 4.17. The first-order chi connectivity index (χ1) is 8.79. The van der Waals surface area contributed by atoms with Crippen LogP contribution in [0.4, 0.5) is 0 Å². The Morgan fingerprint density at radius 3 is 2.33 bits per heavy atom. The molecule has 2 aromatic carbocycles. The van der Waals surface area contributed by atoms with Crippen molar-refractivity contribution in [1.82, 2.24) is 0 Å². The maximum absolute atomic E-state index is 8.73. The number of hydrogen-bond acceptors (Lipinski definition) is 3. The highest BCUT2D eigenvalue weighted by molar-refractivity contribution is 8.23. The summed E-state index contributed by atoms with van der Waals surface area (Å²) >= 11 is 7.02. The molecule has 0 aliphatic carbocycles. The Kier molecular flexibility index (Phi) is 4.52. The van der Waals surface area contributed by atoms with Gasteiger partial charge in [-0.15, -0.1) is 11.8 Å². The largest absolute Gasteiger partial charge is 0.192 e. The molecule has 0 aliphatic rings. The van der Waals surface area contributed by atoms with Gasteiger partial charge in [-0.25, -0.2) is 0 Å². The van der Waals surface area contributed by atoms with Crippen LogP contribution in [0, 0.1) is 11.3 Å². The van der Waals surface area contributed by atoms with E-state index in [-0.39, 0.29) is 0 Å². The Labute approximate surface area is 116 Å². The normalized spacial score (nSPS) is 9.72. The van der Waals surface area contributed by atoms with Crippen LogP contribution >= 0.6 is 24.0 Å². The second-order valence-corrected chi connectivity index (χ2v) is 5.40. The van der Waals surface area contributed by atoms with Gasteiger partial charge in [-0.05, 0) is 23.3 Å². The Balaban J connectivity index is 1.98. The highest BCUT2D eigenvalue weighted by Crippen LogP contribution is 2.19. The highest BCUT2D eigenvalue weighted by Gasteiger charge is 2.02. The third-order valence-corrected chi connectivity index (χ3v) is 4.03. The number of thioether (sulfide) groups is 1. The topological polar surface area (TPSA) is 23.8 Å². The summed E-state index contributed by atoms with van der Waals surface area (Å²) in [5.74, 6) is 0.875. The molecule has 0 radical (unpaired) electrons. The predicted molar refractivity (Wildman–Crippen MR) is 80.6 cm³/mol. The molecule has 2 aromatic rings. The minimum absolute atomic E-state index is 0.662. The fraction of sp³-hybridized carbons (Fsp3) is 0.0667. The third-order valence-electron chi connectivity index (χ3n) is 2.46. The second-order valence-electron chi connectivity index (χ2n) is 3.75. The van der Waals surface area contributed by atoms with Crippen LogP contribution in [0.2, 0.25) is 0 Å². The average Bonchev–Trinajstić information content (AvgIpc) is 2.46. The first-order valence-corrected chi connectivity index (χ1v) is 6.90. The molecule has 0 aliphatic heterocycles. The van der Waals surface area contributed by atoms with E-state index in [2.05, 4.69) is 18.2 Å². The van der Waals surface area contributed by atoms with Gasteiger partial charge in [-0.3, -0.25) is 0 Å². The number of benzene rings is 2. The average molecular weight is 269 g/mol.